The van der Waals surface area contributed by atoms with Gasteiger partial charge >= 0.3 is 11.8 Å². The van der Waals surface area contributed by atoms with Gasteiger partial charge in [-0.15, -0.1) is 0 Å². The molecule has 1 aromatic carbocycles. The Hall–Kier alpha value is -2.24. The Bertz CT molecular complexity index is 659. The van der Waals surface area contributed by atoms with Crippen LogP contribution < -0.4 is 5.69 Å². The van der Waals surface area contributed by atoms with Gasteiger partial charge in [0.25, 0.3) is 0 Å². The van der Waals surface area contributed by atoms with E-state index in [0.717, 1.165) is 36.7 Å². The third-order valence-corrected chi connectivity index (χ3v) is 3.63. The number of carbonyl (C=O) groups is 1. The van der Waals surface area contributed by atoms with Gasteiger partial charge in [0.2, 0.25) is 0 Å². The van der Waals surface area contributed by atoms with Crippen molar-refractivity contribution in [3.63, 3.8) is 0 Å². The molecule has 0 fully saturated rings. The van der Waals surface area contributed by atoms with Crippen LogP contribution >= 0.6 is 0 Å². The van der Waals surface area contributed by atoms with E-state index in [-0.39, 0.29) is 5.69 Å². The second kappa shape index (κ2) is 6.97. The lowest BCUT2D eigenvalue weighted by Crippen LogP contribution is -2.25. The number of aromatic amines is 1. The molecule has 2 N–H and O–H groups in total. The first-order valence-corrected chi connectivity index (χ1v) is 7.21. The van der Waals surface area contributed by atoms with Gasteiger partial charge < -0.3 is 15.0 Å². The number of H-pyrrole nitrogens is 1. The number of benzene rings is 1. The third kappa shape index (κ3) is 3.87. The number of nitrogens with one attached hydrogen (secondary N) is 1. The fraction of sp³-hybridized carbons (Fsp3) is 0.467. The third-order valence-electron chi connectivity index (χ3n) is 3.63. The van der Waals surface area contributed by atoms with E-state index in [1.165, 1.54) is 4.90 Å². The number of rotatable bonds is 7. The second-order valence-electron chi connectivity index (χ2n) is 5.22. The van der Waals surface area contributed by atoms with Gasteiger partial charge in [-0.05, 0) is 25.0 Å². The number of amides is 1. The molecule has 0 radical (unpaired) electrons. The minimum absolute atomic E-state index is 0.0678. The van der Waals surface area contributed by atoms with Gasteiger partial charge in [-0.1, -0.05) is 25.0 Å². The number of para-hydroxylation sites is 2. The Kier molecular flexibility index (Phi) is 5.03. The lowest BCUT2D eigenvalue weighted by Gasteiger charge is -2.12. The maximum absolute atomic E-state index is 11.9. The highest BCUT2D eigenvalue weighted by Crippen LogP contribution is 2.10. The Morgan fingerprint density at radius 1 is 1.24 bits per heavy atom. The Morgan fingerprint density at radius 2 is 1.95 bits per heavy atom. The fourth-order valence-electron chi connectivity index (χ4n) is 2.40. The Morgan fingerprint density at radius 3 is 2.71 bits per heavy atom. The number of nitrogens with zero attached hydrogens (tertiary/aromatic N) is 2. The predicted octanol–water partition coefficient (Wildman–Crippen LogP) is 2.50. The minimum atomic E-state index is -0.889. The molecule has 114 valence electrons. The molecule has 0 aliphatic carbocycles. The highest BCUT2D eigenvalue weighted by Gasteiger charge is 2.06. The van der Waals surface area contributed by atoms with Crippen molar-refractivity contribution >= 4 is 17.1 Å². The van der Waals surface area contributed by atoms with Crippen LogP contribution in [0.25, 0.3) is 11.0 Å². The first-order valence-electron chi connectivity index (χ1n) is 7.21. The molecule has 0 bridgehead atoms. The zero-order valence-corrected chi connectivity index (χ0v) is 12.2. The molecule has 0 atom stereocenters. The van der Waals surface area contributed by atoms with E-state index in [2.05, 4.69) is 4.98 Å². The van der Waals surface area contributed by atoms with Gasteiger partial charge in [-0.3, -0.25) is 4.57 Å². The molecule has 6 nitrogen and oxygen atoms in total. The number of hydrogen-bond donors (Lipinski definition) is 2. The van der Waals surface area contributed by atoms with E-state index in [1.54, 1.807) is 11.6 Å². The lowest BCUT2D eigenvalue weighted by molar-refractivity contribution is 0.155. The monoisotopic (exact) mass is 291 g/mol. The maximum atomic E-state index is 11.9. The number of imidazole rings is 1. The van der Waals surface area contributed by atoms with Crippen molar-refractivity contribution in [2.24, 2.45) is 0 Å². The van der Waals surface area contributed by atoms with Crippen LogP contribution in [-0.4, -0.2) is 39.2 Å². The number of hydrogen-bond acceptors (Lipinski definition) is 2. The quantitative estimate of drug-likeness (QED) is 0.769. The Balaban J connectivity index is 1.77. The summed E-state index contributed by atoms with van der Waals surface area (Å²) in [6, 6.07) is 7.67. The van der Waals surface area contributed by atoms with Crippen molar-refractivity contribution in [1.29, 1.82) is 0 Å². The van der Waals surface area contributed by atoms with E-state index in [4.69, 9.17) is 5.11 Å². The summed E-state index contributed by atoms with van der Waals surface area (Å²) < 4.78 is 1.76. The van der Waals surface area contributed by atoms with Crippen molar-refractivity contribution in [3.8, 4) is 0 Å². The van der Waals surface area contributed by atoms with Crippen LogP contribution in [0.1, 0.15) is 25.7 Å². The molecule has 6 heteroatoms. The summed E-state index contributed by atoms with van der Waals surface area (Å²) in [4.78, 5) is 26.6. The Labute approximate surface area is 123 Å². The van der Waals surface area contributed by atoms with Crippen LogP contribution in [0.2, 0.25) is 0 Å². The van der Waals surface area contributed by atoms with Crippen molar-refractivity contribution in [2.75, 3.05) is 13.6 Å². The van der Waals surface area contributed by atoms with E-state index in [1.807, 2.05) is 24.3 Å². The molecule has 21 heavy (non-hydrogen) atoms. The van der Waals surface area contributed by atoms with Crippen LogP contribution in [0.5, 0.6) is 0 Å². The molecule has 0 aliphatic rings. The summed E-state index contributed by atoms with van der Waals surface area (Å²) in [5, 5.41) is 8.73. The van der Waals surface area contributed by atoms with Crippen LogP contribution in [0.15, 0.2) is 29.1 Å². The standard InChI is InChI=1S/C15H21N3O3/c1-17(15(20)21)10-6-2-3-7-11-18-13-9-5-4-8-12(13)16-14(18)19/h4-5,8-9H,2-3,6-7,10-11H2,1H3,(H,16,19)(H,20,21). The van der Waals surface area contributed by atoms with Crippen molar-refractivity contribution in [1.82, 2.24) is 14.5 Å². The van der Waals surface area contributed by atoms with Crippen LogP contribution in [0.3, 0.4) is 0 Å². The van der Waals surface area contributed by atoms with Gasteiger partial charge in [0.1, 0.15) is 0 Å². The van der Waals surface area contributed by atoms with Gasteiger partial charge in [-0.2, -0.15) is 0 Å². The minimum Gasteiger partial charge on any atom is -0.465 e. The summed E-state index contributed by atoms with van der Waals surface area (Å²) in [6.45, 7) is 1.25. The highest BCUT2D eigenvalue weighted by molar-refractivity contribution is 5.74. The van der Waals surface area contributed by atoms with Gasteiger partial charge in [0, 0.05) is 20.1 Å². The van der Waals surface area contributed by atoms with Crippen LogP contribution in [0, 0.1) is 0 Å². The molecule has 0 unspecified atom stereocenters. The average molecular weight is 291 g/mol. The van der Waals surface area contributed by atoms with Crippen LogP contribution in [-0.2, 0) is 6.54 Å². The van der Waals surface area contributed by atoms with Gasteiger partial charge in [0.15, 0.2) is 0 Å². The molecular weight excluding hydrogens is 270 g/mol. The number of aryl methyl sites for hydroxylation is 1. The zero-order chi connectivity index (χ0) is 15.2. The van der Waals surface area contributed by atoms with Crippen molar-refractivity contribution < 1.29 is 9.90 Å². The first kappa shape index (κ1) is 15.2. The normalized spacial score (nSPS) is 10.9. The molecule has 1 heterocycles. The molecule has 2 aromatic rings. The zero-order valence-electron chi connectivity index (χ0n) is 12.2. The number of aromatic nitrogens is 2. The van der Waals surface area contributed by atoms with Gasteiger partial charge in [-0.25, -0.2) is 9.59 Å². The number of unbranched alkanes of at least 4 members (excludes halogenated alkanes) is 3. The molecule has 1 amide bonds. The smallest absolute Gasteiger partial charge is 0.407 e. The molecule has 0 spiro atoms. The summed E-state index contributed by atoms with van der Waals surface area (Å²) in [6.07, 6.45) is 2.83. The molecule has 1 aromatic heterocycles. The van der Waals surface area contributed by atoms with Gasteiger partial charge in [0.05, 0.1) is 11.0 Å². The maximum Gasteiger partial charge on any atom is 0.407 e. The topological polar surface area (TPSA) is 78.3 Å². The molecule has 0 aliphatic heterocycles. The summed E-state index contributed by atoms with van der Waals surface area (Å²) >= 11 is 0. The number of fused-ring (bicyclic) bond motifs is 1. The fourth-order valence-corrected chi connectivity index (χ4v) is 2.40. The summed E-state index contributed by atoms with van der Waals surface area (Å²) in [7, 11) is 1.58. The van der Waals surface area contributed by atoms with E-state index in [9.17, 15) is 9.59 Å². The molecular formula is C15H21N3O3. The lowest BCUT2D eigenvalue weighted by atomic mass is 10.2. The summed E-state index contributed by atoms with van der Waals surface area (Å²) in [5.74, 6) is 0. The number of carboxylic acid groups (broad SMARTS) is 1. The summed E-state index contributed by atoms with van der Waals surface area (Å²) in [5.41, 5.74) is 1.74. The van der Waals surface area contributed by atoms with E-state index in [0.29, 0.717) is 13.1 Å². The molecule has 0 saturated carbocycles. The average Bonchev–Trinajstić information content (AvgIpc) is 2.78. The van der Waals surface area contributed by atoms with Crippen molar-refractivity contribution in [2.45, 2.75) is 32.2 Å². The van der Waals surface area contributed by atoms with Crippen molar-refractivity contribution in [3.05, 3.63) is 34.7 Å². The molecule has 2 rings (SSSR count). The predicted molar refractivity (Wildman–Crippen MR) is 81.7 cm³/mol. The first-order chi connectivity index (χ1) is 10.1. The highest BCUT2D eigenvalue weighted by atomic mass is 16.4. The van der Waals surface area contributed by atoms with E-state index >= 15 is 0 Å². The second-order valence-corrected chi connectivity index (χ2v) is 5.22. The van der Waals surface area contributed by atoms with E-state index < -0.39 is 6.09 Å². The molecule has 0 saturated heterocycles. The SMILES string of the molecule is CN(CCCCCCn1c(=O)[nH]c2ccccc21)C(=O)O. The largest absolute Gasteiger partial charge is 0.465 e. The van der Waals surface area contributed by atoms with Crippen LogP contribution in [0.4, 0.5) is 4.79 Å².